The van der Waals surface area contributed by atoms with Gasteiger partial charge < -0.3 is 16.2 Å². The molecule has 2 heterocycles. The number of halogens is 3. The Morgan fingerprint density at radius 2 is 2.08 bits per heavy atom. The smallest absolute Gasteiger partial charge is 0.271 e. The van der Waals surface area contributed by atoms with Crippen LogP contribution in [-0.4, -0.2) is 24.5 Å². The third-order valence-corrected chi connectivity index (χ3v) is 5.18. The molecule has 0 bridgehead atoms. The first-order valence-corrected chi connectivity index (χ1v) is 7.85. The van der Waals surface area contributed by atoms with E-state index in [9.17, 15) is 18.4 Å². The van der Waals surface area contributed by atoms with Gasteiger partial charge in [0.25, 0.3) is 5.92 Å². The van der Waals surface area contributed by atoms with Gasteiger partial charge >= 0.3 is 0 Å². The molecule has 1 saturated heterocycles. The molecule has 4 atom stereocenters. The molecule has 1 aromatic carbocycles. The Balaban J connectivity index is 2.24. The van der Waals surface area contributed by atoms with Crippen LogP contribution >= 0.6 is 0 Å². The van der Waals surface area contributed by atoms with Crippen molar-refractivity contribution >= 4 is 11.5 Å². The summed E-state index contributed by atoms with van der Waals surface area (Å²) >= 11 is 0. The van der Waals surface area contributed by atoms with E-state index in [4.69, 9.17) is 16.2 Å². The zero-order valence-corrected chi connectivity index (χ0v) is 13.9. The van der Waals surface area contributed by atoms with E-state index in [1.807, 2.05) is 6.07 Å². The first-order valence-electron chi connectivity index (χ1n) is 7.85. The Bertz CT molecular complexity index is 785. The van der Waals surface area contributed by atoms with Crippen molar-refractivity contribution in [2.45, 2.75) is 37.8 Å². The lowest BCUT2D eigenvalue weighted by Gasteiger charge is -2.42. The highest BCUT2D eigenvalue weighted by atomic mass is 19.3. The van der Waals surface area contributed by atoms with Crippen LogP contribution in [-0.2, 0) is 10.3 Å². The van der Waals surface area contributed by atoms with Crippen molar-refractivity contribution in [3.63, 3.8) is 0 Å². The Morgan fingerprint density at radius 1 is 1.40 bits per heavy atom. The van der Waals surface area contributed by atoms with E-state index < -0.39 is 34.7 Å². The van der Waals surface area contributed by atoms with Crippen molar-refractivity contribution in [3.8, 4) is 6.07 Å². The molecule has 3 rings (SSSR count). The molecular formula is C17H19F3N4O. The lowest BCUT2D eigenvalue weighted by molar-refractivity contribution is -0.118. The van der Waals surface area contributed by atoms with Crippen LogP contribution in [0.25, 0.3) is 0 Å². The molecule has 1 fully saturated rings. The van der Waals surface area contributed by atoms with Crippen LogP contribution in [0.3, 0.4) is 0 Å². The Morgan fingerprint density at radius 3 is 2.68 bits per heavy atom. The molecule has 0 amide bonds. The maximum atomic E-state index is 14.5. The molecule has 0 aromatic heterocycles. The molecule has 134 valence electrons. The molecule has 0 radical (unpaired) electrons. The van der Waals surface area contributed by atoms with Crippen molar-refractivity contribution < 1.29 is 17.9 Å². The summed E-state index contributed by atoms with van der Waals surface area (Å²) in [4.78, 5) is 4.35. The molecule has 0 spiro atoms. The summed E-state index contributed by atoms with van der Waals surface area (Å²) in [7, 11) is 0. The summed E-state index contributed by atoms with van der Waals surface area (Å²) in [6, 6.07) is 5.94. The number of amidine groups is 1. The van der Waals surface area contributed by atoms with Gasteiger partial charge in [-0.25, -0.2) is 13.2 Å². The molecule has 4 N–H and O–H groups in total. The van der Waals surface area contributed by atoms with Gasteiger partial charge in [0.1, 0.15) is 28.7 Å². The molecule has 2 unspecified atom stereocenters. The van der Waals surface area contributed by atoms with Crippen LogP contribution in [0.1, 0.15) is 25.8 Å². The quantitative estimate of drug-likeness (QED) is 0.799. The van der Waals surface area contributed by atoms with Crippen LogP contribution in [0.15, 0.2) is 23.2 Å². The maximum absolute atomic E-state index is 14.5. The number of ether oxygens (including phenoxy) is 1. The zero-order chi connectivity index (χ0) is 18.6. The minimum Gasteiger partial charge on any atom is -0.399 e. The lowest BCUT2D eigenvalue weighted by atomic mass is 9.66. The lowest BCUT2D eigenvalue weighted by Crippen LogP contribution is -2.52. The molecular weight excluding hydrogens is 333 g/mol. The van der Waals surface area contributed by atoms with E-state index in [1.54, 1.807) is 0 Å². The number of nitrogens with two attached hydrogens (primary N) is 2. The highest BCUT2D eigenvalue weighted by molar-refractivity contribution is 5.90. The summed E-state index contributed by atoms with van der Waals surface area (Å²) in [5, 5.41) is 9.45. The minimum absolute atomic E-state index is 0.0127. The van der Waals surface area contributed by atoms with Gasteiger partial charge in [-0.1, -0.05) is 0 Å². The predicted octanol–water partition coefficient (Wildman–Crippen LogP) is 2.56. The molecule has 5 nitrogen and oxygen atoms in total. The summed E-state index contributed by atoms with van der Waals surface area (Å²) in [6.07, 6.45) is -1.51. The second kappa shape index (κ2) is 5.36. The average Bonchev–Trinajstić information content (AvgIpc) is 2.89. The second-order valence-corrected chi connectivity index (χ2v) is 7.10. The van der Waals surface area contributed by atoms with Gasteiger partial charge in [-0.15, -0.1) is 0 Å². The number of alkyl halides is 2. The Kier molecular flexibility index (Phi) is 3.76. The number of rotatable bonds is 2. The van der Waals surface area contributed by atoms with E-state index in [-0.39, 0.29) is 30.1 Å². The number of fused-ring (bicyclic) bond motifs is 1. The van der Waals surface area contributed by atoms with Gasteiger partial charge in [0.05, 0.1) is 12.7 Å². The SMILES string of the molecule is CC1(C#N)C[C@@H]2C(C(C)(F)F)OC[C@]2(c2cc(N)ccc2F)N=C1N. The minimum atomic E-state index is -3.18. The number of hydrogen-bond donors (Lipinski definition) is 2. The number of nitrogens with zero attached hydrogens (tertiary/aromatic N) is 2. The first kappa shape index (κ1) is 17.5. The van der Waals surface area contributed by atoms with E-state index in [0.29, 0.717) is 0 Å². The molecule has 2 aliphatic heterocycles. The van der Waals surface area contributed by atoms with E-state index in [2.05, 4.69) is 4.99 Å². The largest absolute Gasteiger partial charge is 0.399 e. The molecule has 0 aliphatic carbocycles. The van der Waals surface area contributed by atoms with Crippen molar-refractivity contribution in [3.05, 3.63) is 29.6 Å². The number of nitriles is 1. The zero-order valence-electron chi connectivity index (χ0n) is 13.9. The number of hydrogen-bond acceptors (Lipinski definition) is 5. The Labute approximate surface area is 143 Å². The van der Waals surface area contributed by atoms with Crippen LogP contribution < -0.4 is 11.5 Å². The van der Waals surface area contributed by atoms with Gasteiger partial charge in [0.15, 0.2) is 0 Å². The van der Waals surface area contributed by atoms with Gasteiger partial charge in [-0.3, -0.25) is 4.99 Å². The number of aliphatic imine (C=N–C) groups is 1. The fourth-order valence-corrected chi connectivity index (χ4v) is 3.78. The standard InChI is InChI=1S/C17H19F3N4O/c1-15(7-21)6-11-13(16(2,19)20)25-8-17(11,24-14(15)23)10-5-9(22)3-4-12(10)18/h3-5,11,13H,6,8,22H2,1-2H3,(H2,23,24)/t11-,13?,15?,17-/m1/s1. The van der Waals surface area contributed by atoms with Gasteiger partial charge in [0.2, 0.25) is 0 Å². The fraction of sp³-hybridized carbons (Fsp3) is 0.529. The highest BCUT2D eigenvalue weighted by Crippen LogP contribution is 2.54. The fourth-order valence-electron chi connectivity index (χ4n) is 3.78. The van der Waals surface area contributed by atoms with Crippen molar-refractivity contribution in [2.75, 3.05) is 12.3 Å². The monoisotopic (exact) mass is 352 g/mol. The first-order chi connectivity index (χ1) is 11.5. The topological polar surface area (TPSA) is 97.4 Å². The number of anilines is 1. The van der Waals surface area contributed by atoms with Crippen molar-refractivity contribution in [1.82, 2.24) is 0 Å². The van der Waals surface area contributed by atoms with Crippen LogP contribution in [0.5, 0.6) is 0 Å². The summed E-state index contributed by atoms with van der Waals surface area (Å²) in [5.41, 5.74) is 9.43. The Hall–Kier alpha value is -2.27. The maximum Gasteiger partial charge on any atom is 0.271 e. The number of nitrogen functional groups attached to an aromatic ring is 1. The molecule has 8 heteroatoms. The normalized spacial score (nSPS) is 35.0. The van der Waals surface area contributed by atoms with E-state index >= 15 is 0 Å². The summed E-state index contributed by atoms with van der Waals surface area (Å²) in [5.74, 6) is -4.74. The van der Waals surface area contributed by atoms with Crippen LogP contribution in [0.4, 0.5) is 18.9 Å². The average molecular weight is 352 g/mol. The van der Waals surface area contributed by atoms with Crippen LogP contribution in [0, 0.1) is 28.5 Å². The second-order valence-electron chi connectivity index (χ2n) is 7.10. The van der Waals surface area contributed by atoms with Crippen molar-refractivity contribution in [1.29, 1.82) is 5.26 Å². The number of benzene rings is 1. The highest BCUT2D eigenvalue weighted by Gasteiger charge is 2.62. The molecule has 2 aliphatic rings. The van der Waals surface area contributed by atoms with Crippen LogP contribution in [0.2, 0.25) is 0 Å². The summed E-state index contributed by atoms with van der Waals surface area (Å²) in [6.45, 7) is 2.03. The van der Waals surface area contributed by atoms with Crippen molar-refractivity contribution in [2.24, 2.45) is 22.1 Å². The molecule has 1 aromatic rings. The van der Waals surface area contributed by atoms with Gasteiger partial charge in [-0.05, 0) is 31.5 Å². The third-order valence-electron chi connectivity index (χ3n) is 5.18. The molecule has 25 heavy (non-hydrogen) atoms. The van der Waals surface area contributed by atoms with E-state index in [0.717, 1.165) is 13.0 Å². The summed E-state index contributed by atoms with van der Waals surface area (Å²) < 4.78 is 48.1. The predicted molar refractivity (Wildman–Crippen MR) is 86.3 cm³/mol. The third kappa shape index (κ3) is 2.54. The van der Waals surface area contributed by atoms with Gasteiger partial charge in [0, 0.05) is 24.1 Å². The van der Waals surface area contributed by atoms with Gasteiger partial charge in [-0.2, -0.15) is 5.26 Å². The molecule has 0 saturated carbocycles. The van der Waals surface area contributed by atoms with E-state index in [1.165, 1.54) is 19.1 Å².